The number of nitrogen functional groups attached to an aromatic ring is 1. The Morgan fingerprint density at radius 1 is 1.43 bits per heavy atom. The minimum absolute atomic E-state index is 0.222. The van der Waals surface area contributed by atoms with Crippen molar-refractivity contribution in [2.24, 2.45) is 0 Å². The molecule has 3 N–H and O–H groups in total. The van der Waals surface area contributed by atoms with Crippen LogP contribution in [-0.2, 0) is 11.2 Å². The Labute approximate surface area is 126 Å². The highest BCUT2D eigenvalue weighted by molar-refractivity contribution is 5.54. The normalized spacial score (nSPS) is 25.8. The summed E-state index contributed by atoms with van der Waals surface area (Å²) in [5.41, 5.74) is 6.86. The van der Waals surface area contributed by atoms with E-state index in [-0.39, 0.29) is 6.10 Å². The largest absolute Gasteiger partial charge is 0.383 e. The third-order valence-electron chi connectivity index (χ3n) is 4.50. The van der Waals surface area contributed by atoms with E-state index in [0.717, 1.165) is 43.3 Å². The summed E-state index contributed by atoms with van der Waals surface area (Å²) in [6.45, 7) is 7.84. The number of hydrogen-bond acceptors (Lipinski definition) is 6. The molecule has 0 radical (unpaired) electrons. The van der Waals surface area contributed by atoms with Crippen molar-refractivity contribution in [3.05, 3.63) is 11.4 Å². The van der Waals surface area contributed by atoms with Gasteiger partial charge in [0.1, 0.15) is 17.5 Å². The molecule has 2 saturated heterocycles. The van der Waals surface area contributed by atoms with E-state index in [0.29, 0.717) is 11.9 Å². The number of hydrogen-bond donors (Lipinski definition) is 2. The van der Waals surface area contributed by atoms with Gasteiger partial charge in [0.25, 0.3) is 0 Å². The first-order valence-electron chi connectivity index (χ1n) is 7.90. The molecule has 1 aromatic heterocycles. The summed E-state index contributed by atoms with van der Waals surface area (Å²) >= 11 is 0. The lowest BCUT2D eigenvalue weighted by atomic mass is 10.2. The van der Waals surface area contributed by atoms with Crippen LogP contribution in [0.1, 0.15) is 31.2 Å². The Morgan fingerprint density at radius 3 is 3.10 bits per heavy atom. The van der Waals surface area contributed by atoms with Crippen molar-refractivity contribution in [3.63, 3.8) is 0 Å². The van der Waals surface area contributed by atoms with Gasteiger partial charge in [0.05, 0.1) is 12.7 Å². The number of morpholine rings is 1. The number of aryl methyl sites for hydroxylation is 1. The number of fused-ring (bicyclic) bond motifs is 1. The summed E-state index contributed by atoms with van der Waals surface area (Å²) < 4.78 is 5.96. The van der Waals surface area contributed by atoms with Crippen molar-refractivity contribution in [1.29, 1.82) is 0 Å². The second-order valence-corrected chi connectivity index (χ2v) is 5.98. The van der Waals surface area contributed by atoms with Gasteiger partial charge in [0.15, 0.2) is 0 Å². The molecule has 0 saturated carbocycles. The minimum atomic E-state index is 0.222. The zero-order valence-corrected chi connectivity index (χ0v) is 12.9. The van der Waals surface area contributed by atoms with E-state index in [1.54, 1.807) is 0 Å². The monoisotopic (exact) mass is 291 g/mol. The van der Waals surface area contributed by atoms with Crippen molar-refractivity contribution >= 4 is 11.6 Å². The quantitative estimate of drug-likeness (QED) is 0.868. The summed E-state index contributed by atoms with van der Waals surface area (Å²) in [4.78, 5) is 11.4. The fraction of sp³-hybridized carbons (Fsp3) is 0.733. The molecule has 2 aliphatic heterocycles. The van der Waals surface area contributed by atoms with Crippen LogP contribution in [0.3, 0.4) is 0 Å². The number of ether oxygens (including phenoxy) is 1. The van der Waals surface area contributed by atoms with Crippen LogP contribution in [0.15, 0.2) is 0 Å². The number of nitrogens with zero attached hydrogens (tertiary/aromatic N) is 3. The lowest BCUT2D eigenvalue weighted by molar-refractivity contribution is -0.0416. The van der Waals surface area contributed by atoms with Crippen molar-refractivity contribution in [2.45, 2.75) is 45.3 Å². The first-order chi connectivity index (χ1) is 10.2. The van der Waals surface area contributed by atoms with Gasteiger partial charge in [-0.15, -0.1) is 0 Å². The molecule has 6 heteroatoms. The first kappa shape index (κ1) is 14.5. The first-order valence-corrected chi connectivity index (χ1v) is 7.90. The second kappa shape index (κ2) is 6.15. The smallest absolute Gasteiger partial charge is 0.134 e. The molecule has 21 heavy (non-hydrogen) atoms. The van der Waals surface area contributed by atoms with Gasteiger partial charge < -0.3 is 15.8 Å². The minimum Gasteiger partial charge on any atom is -0.383 e. The predicted molar refractivity (Wildman–Crippen MR) is 83.4 cm³/mol. The Balaban J connectivity index is 1.61. The van der Waals surface area contributed by atoms with Crippen molar-refractivity contribution in [2.75, 3.05) is 37.3 Å². The van der Waals surface area contributed by atoms with Gasteiger partial charge in [0.2, 0.25) is 0 Å². The van der Waals surface area contributed by atoms with Crippen molar-refractivity contribution in [1.82, 2.24) is 14.9 Å². The Morgan fingerprint density at radius 2 is 2.29 bits per heavy atom. The van der Waals surface area contributed by atoms with Crippen LogP contribution < -0.4 is 11.1 Å². The fourth-order valence-electron chi connectivity index (χ4n) is 3.13. The highest BCUT2D eigenvalue weighted by Crippen LogP contribution is 2.23. The number of anilines is 2. The van der Waals surface area contributed by atoms with Crippen LogP contribution in [0, 0.1) is 6.92 Å². The molecule has 0 aromatic carbocycles. The maximum Gasteiger partial charge on any atom is 0.134 e. The Hall–Kier alpha value is -1.40. The lowest BCUT2D eigenvalue weighted by Crippen LogP contribution is -2.48. The molecule has 0 aliphatic carbocycles. The van der Waals surface area contributed by atoms with Gasteiger partial charge in [-0.1, -0.05) is 6.92 Å². The molecule has 0 amide bonds. The van der Waals surface area contributed by atoms with Crippen LogP contribution in [0.5, 0.6) is 0 Å². The third-order valence-corrected chi connectivity index (χ3v) is 4.50. The van der Waals surface area contributed by atoms with Gasteiger partial charge in [-0.3, -0.25) is 4.90 Å². The van der Waals surface area contributed by atoms with E-state index < -0.39 is 0 Å². The molecule has 2 atom stereocenters. The number of aromatic nitrogens is 2. The molecule has 2 fully saturated rings. The van der Waals surface area contributed by atoms with Crippen molar-refractivity contribution in [3.8, 4) is 0 Å². The molecule has 0 spiro atoms. The van der Waals surface area contributed by atoms with E-state index in [2.05, 4.69) is 20.2 Å². The van der Waals surface area contributed by atoms with Crippen LogP contribution >= 0.6 is 0 Å². The number of rotatable bonds is 4. The maximum absolute atomic E-state index is 5.96. The van der Waals surface area contributed by atoms with Gasteiger partial charge in [-0.25, -0.2) is 9.97 Å². The van der Waals surface area contributed by atoms with Gasteiger partial charge in [-0.05, 0) is 26.3 Å². The van der Waals surface area contributed by atoms with Gasteiger partial charge in [0, 0.05) is 31.1 Å². The Kier molecular flexibility index (Phi) is 4.26. The van der Waals surface area contributed by atoms with E-state index >= 15 is 0 Å². The molecular weight excluding hydrogens is 266 g/mol. The maximum atomic E-state index is 5.96. The molecule has 1 aromatic rings. The molecule has 3 rings (SSSR count). The van der Waals surface area contributed by atoms with Crippen LogP contribution in [-0.4, -0.2) is 53.3 Å². The number of nitrogens with two attached hydrogens (primary N) is 1. The van der Waals surface area contributed by atoms with E-state index in [1.807, 2.05) is 13.8 Å². The topological polar surface area (TPSA) is 76.3 Å². The van der Waals surface area contributed by atoms with Gasteiger partial charge >= 0.3 is 0 Å². The van der Waals surface area contributed by atoms with Crippen LogP contribution in [0.2, 0.25) is 0 Å². The van der Waals surface area contributed by atoms with Crippen LogP contribution in [0.4, 0.5) is 11.6 Å². The van der Waals surface area contributed by atoms with E-state index in [1.165, 1.54) is 19.4 Å². The number of nitrogens with one attached hydrogen (secondary N) is 1. The highest BCUT2D eigenvalue weighted by atomic mass is 16.5. The fourth-order valence-corrected chi connectivity index (χ4v) is 3.13. The molecule has 6 nitrogen and oxygen atoms in total. The molecule has 2 unspecified atom stereocenters. The average molecular weight is 291 g/mol. The van der Waals surface area contributed by atoms with E-state index in [4.69, 9.17) is 10.5 Å². The second-order valence-electron chi connectivity index (χ2n) is 5.98. The third kappa shape index (κ3) is 3.11. The molecule has 116 valence electrons. The average Bonchev–Trinajstić information content (AvgIpc) is 2.96. The van der Waals surface area contributed by atoms with Crippen LogP contribution in [0.25, 0.3) is 0 Å². The summed E-state index contributed by atoms with van der Waals surface area (Å²) in [6, 6.07) is 0.643. The summed E-state index contributed by atoms with van der Waals surface area (Å²) in [6.07, 6.45) is 3.59. The van der Waals surface area contributed by atoms with E-state index in [9.17, 15) is 0 Å². The summed E-state index contributed by atoms with van der Waals surface area (Å²) in [5.74, 6) is 2.18. The molecular formula is C15H25N5O. The van der Waals surface area contributed by atoms with Gasteiger partial charge in [-0.2, -0.15) is 0 Å². The molecule has 0 bridgehead atoms. The zero-order valence-electron chi connectivity index (χ0n) is 12.9. The Bertz CT molecular complexity index is 507. The lowest BCUT2D eigenvalue weighted by Gasteiger charge is -2.35. The standard InChI is InChI=1S/C15H25N5O/c1-3-13-18-14(16)10(2)15(19-13)17-7-12-8-20-6-4-5-11(20)9-21-12/h11-12H,3-9H2,1-2H3,(H3,16,17,18,19). The predicted octanol–water partition coefficient (Wildman–Crippen LogP) is 1.20. The molecule has 3 heterocycles. The SMILES string of the molecule is CCc1nc(N)c(C)c(NCC2CN3CCCC3CO2)n1. The summed E-state index contributed by atoms with van der Waals surface area (Å²) in [7, 11) is 0. The highest BCUT2D eigenvalue weighted by Gasteiger charge is 2.32. The van der Waals surface area contributed by atoms with Crippen molar-refractivity contribution < 1.29 is 4.74 Å². The zero-order chi connectivity index (χ0) is 14.8. The molecule has 2 aliphatic rings. The summed E-state index contributed by atoms with van der Waals surface area (Å²) in [5, 5.41) is 3.40.